The van der Waals surface area contributed by atoms with Gasteiger partial charge in [-0.1, -0.05) is 6.07 Å². The van der Waals surface area contributed by atoms with Crippen molar-refractivity contribution in [1.82, 2.24) is 19.7 Å². The predicted molar refractivity (Wildman–Crippen MR) is 121 cm³/mol. The van der Waals surface area contributed by atoms with Crippen molar-refractivity contribution in [2.75, 3.05) is 17.1 Å². The number of hydrogen-bond acceptors (Lipinski definition) is 6. The van der Waals surface area contributed by atoms with E-state index in [1.165, 1.54) is 24.4 Å². The largest absolute Gasteiger partial charge is 0.368 e. The molecule has 0 radical (unpaired) electrons. The molecule has 2 N–H and O–H groups in total. The summed E-state index contributed by atoms with van der Waals surface area (Å²) in [6.45, 7) is 2.32. The van der Waals surface area contributed by atoms with Crippen LogP contribution in [0.1, 0.15) is 6.92 Å². The minimum absolute atomic E-state index is 0.0151. The van der Waals surface area contributed by atoms with E-state index >= 15 is 4.39 Å². The molecule has 12 heteroatoms. The Morgan fingerprint density at radius 3 is 2.56 bits per heavy atom. The van der Waals surface area contributed by atoms with E-state index in [4.69, 9.17) is 5.73 Å². The topological polar surface area (TPSA) is 107 Å². The molecule has 2 aromatic carbocycles. The van der Waals surface area contributed by atoms with E-state index in [1.807, 2.05) is 6.92 Å². The maximum absolute atomic E-state index is 15.7. The van der Waals surface area contributed by atoms with Gasteiger partial charge in [0.15, 0.2) is 5.82 Å². The van der Waals surface area contributed by atoms with Gasteiger partial charge in [-0.25, -0.2) is 31.6 Å². The van der Waals surface area contributed by atoms with Gasteiger partial charge in [0.2, 0.25) is 5.95 Å². The van der Waals surface area contributed by atoms with E-state index in [0.717, 1.165) is 13.1 Å². The van der Waals surface area contributed by atoms with Crippen LogP contribution in [0.4, 0.5) is 24.8 Å². The van der Waals surface area contributed by atoms with Gasteiger partial charge in [-0.2, -0.15) is 5.10 Å². The van der Waals surface area contributed by atoms with Gasteiger partial charge in [0.1, 0.15) is 22.2 Å². The molecule has 0 saturated carbocycles. The third kappa shape index (κ3) is 4.07. The highest BCUT2D eigenvalue weighted by atomic mass is 32.2. The number of anilines is 2. The molecule has 2 heterocycles. The standard InChI is InChI=1S/C22H19F3N6O2S/c1-3-31-12-15(17-9-10-27-22(26)28-17)21(29-31)14-5-4-6-18(20(14)25)30(2)34(32,33)19-11-13(23)7-8-16(19)24/h4-12H,3H2,1-2H3,(H2,26,27,28). The lowest BCUT2D eigenvalue weighted by atomic mass is 10.0. The molecule has 0 bridgehead atoms. The van der Waals surface area contributed by atoms with Crippen molar-refractivity contribution in [1.29, 1.82) is 0 Å². The molecule has 0 spiro atoms. The number of sulfonamides is 1. The lowest BCUT2D eigenvalue weighted by Gasteiger charge is -2.21. The second-order valence-electron chi connectivity index (χ2n) is 7.23. The Bertz CT molecular complexity index is 1490. The van der Waals surface area contributed by atoms with Gasteiger partial charge in [-0.15, -0.1) is 0 Å². The first-order chi connectivity index (χ1) is 16.1. The van der Waals surface area contributed by atoms with Gasteiger partial charge in [0.05, 0.1) is 11.4 Å². The Hall–Kier alpha value is -3.93. The number of hydrogen-bond donors (Lipinski definition) is 1. The molecule has 0 aliphatic heterocycles. The molecule has 8 nitrogen and oxygen atoms in total. The van der Waals surface area contributed by atoms with E-state index in [-0.39, 0.29) is 22.9 Å². The Morgan fingerprint density at radius 2 is 1.85 bits per heavy atom. The maximum atomic E-state index is 15.7. The lowest BCUT2D eigenvalue weighted by molar-refractivity contribution is 0.551. The first-order valence-corrected chi connectivity index (χ1v) is 11.5. The molecule has 0 aliphatic carbocycles. The summed E-state index contributed by atoms with van der Waals surface area (Å²) in [5.74, 6) is -3.00. The van der Waals surface area contributed by atoms with Gasteiger partial charge in [-0.3, -0.25) is 8.99 Å². The van der Waals surface area contributed by atoms with Crippen LogP contribution >= 0.6 is 0 Å². The predicted octanol–water partition coefficient (Wildman–Crippen LogP) is 3.85. The summed E-state index contributed by atoms with van der Waals surface area (Å²) in [6.07, 6.45) is 3.11. The Balaban J connectivity index is 1.85. The third-order valence-corrected chi connectivity index (χ3v) is 6.93. The molecule has 0 aliphatic rings. The lowest BCUT2D eigenvalue weighted by Crippen LogP contribution is -2.28. The van der Waals surface area contributed by atoms with Gasteiger partial charge in [0.25, 0.3) is 10.0 Å². The molecule has 176 valence electrons. The number of nitrogens with zero attached hydrogens (tertiary/aromatic N) is 5. The smallest absolute Gasteiger partial charge is 0.267 e. The van der Waals surface area contributed by atoms with Crippen molar-refractivity contribution in [3.8, 4) is 22.5 Å². The van der Waals surface area contributed by atoms with Crippen molar-refractivity contribution < 1.29 is 21.6 Å². The number of nitrogens with two attached hydrogens (primary N) is 1. The molecule has 0 amide bonds. The van der Waals surface area contributed by atoms with E-state index in [1.54, 1.807) is 16.9 Å². The van der Waals surface area contributed by atoms with Crippen LogP contribution < -0.4 is 10.0 Å². The van der Waals surface area contributed by atoms with Crippen LogP contribution in [-0.2, 0) is 16.6 Å². The fourth-order valence-corrected chi connectivity index (χ4v) is 4.66. The molecule has 0 atom stereocenters. The Morgan fingerprint density at radius 1 is 1.09 bits per heavy atom. The maximum Gasteiger partial charge on any atom is 0.267 e. The zero-order chi connectivity index (χ0) is 24.6. The summed E-state index contributed by atoms with van der Waals surface area (Å²) < 4.78 is 71.7. The van der Waals surface area contributed by atoms with E-state index < -0.39 is 32.4 Å². The summed E-state index contributed by atoms with van der Waals surface area (Å²) >= 11 is 0. The average Bonchev–Trinajstić information content (AvgIpc) is 3.24. The van der Waals surface area contributed by atoms with Crippen LogP contribution in [0.2, 0.25) is 0 Å². The van der Waals surface area contributed by atoms with Crippen molar-refractivity contribution in [2.45, 2.75) is 18.4 Å². The van der Waals surface area contributed by atoms with Crippen LogP contribution in [0.3, 0.4) is 0 Å². The number of aromatic nitrogens is 4. The van der Waals surface area contributed by atoms with Crippen LogP contribution in [0.25, 0.3) is 22.5 Å². The zero-order valence-corrected chi connectivity index (χ0v) is 18.9. The zero-order valence-electron chi connectivity index (χ0n) is 18.1. The van der Waals surface area contributed by atoms with Crippen molar-refractivity contribution in [3.63, 3.8) is 0 Å². The molecule has 4 aromatic rings. The van der Waals surface area contributed by atoms with E-state index in [2.05, 4.69) is 15.1 Å². The Kier molecular flexibility index (Phi) is 6.00. The van der Waals surface area contributed by atoms with E-state index in [9.17, 15) is 17.2 Å². The SMILES string of the molecule is CCn1cc(-c2ccnc(N)n2)c(-c2cccc(N(C)S(=O)(=O)c3cc(F)ccc3F)c2F)n1. The molecule has 0 saturated heterocycles. The van der Waals surface area contributed by atoms with E-state index in [0.29, 0.717) is 34.2 Å². The van der Waals surface area contributed by atoms with Crippen molar-refractivity contribution in [3.05, 3.63) is 72.3 Å². The van der Waals surface area contributed by atoms with Gasteiger partial charge in [-0.05, 0) is 43.3 Å². The molecular weight excluding hydrogens is 469 g/mol. The van der Waals surface area contributed by atoms with Gasteiger partial charge >= 0.3 is 0 Å². The monoisotopic (exact) mass is 488 g/mol. The summed E-state index contributed by atoms with van der Waals surface area (Å²) in [7, 11) is -3.56. The highest BCUT2D eigenvalue weighted by molar-refractivity contribution is 7.92. The van der Waals surface area contributed by atoms with Crippen LogP contribution in [0.15, 0.2) is 59.8 Å². The number of aryl methyl sites for hydroxylation is 1. The Labute approximate surface area is 193 Å². The van der Waals surface area contributed by atoms with Gasteiger partial charge in [0, 0.05) is 37.1 Å². The molecule has 2 aromatic heterocycles. The quantitative estimate of drug-likeness (QED) is 0.442. The number of nitrogen functional groups attached to an aromatic ring is 1. The normalized spacial score (nSPS) is 11.6. The molecular formula is C22H19F3N6O2S. The summed E-state index contributed by atoms with van der Waals surface area (Å²) in [5, 5.41) is 4.41. The van der Waals surface area contributed by atoms with Crippen LogP contribution in [0.5, 0.6) is 0 Å². The number of benzene rings is 2. The van der Waals surface area contributed by atoms with Gasteiger partial charge < -0.3 is 5.73 Å². The highest BCUT2D eigenvalue weighted by Gasteiger charge is 2.29. The average molecular weight is 488 g/mol. The molecule has 0 unspecified atom stereocenters. The second-order valence-corrected chi connectivity index (χ2v) is 9.17. The molecule has 34 heavy (non-hydrogen) atoms. The fourth-order valence-electron chi connectivity index (χ4n) is 3.39. The first-order valence-electron chi connectivity index (χ1n) is 10.0. The molecule has 0 fully saturated rings. The summed E-state index contributed by atoms with van der Waals surface area (Å²) in [5.41, 5.74) is 6.35. The fraction of sp³-hybridized carbons (Fsp3) is 0.136. The minimum Gasteiger partial charge on any atom is -0.368 e. The van der Waals surface area contributed by atoms with Crippen LogP contribution in [-0.4, -0.2) is 35.2 Å². The minimum atomic E-state index is -4.62. The second kappa shape index (κ2) is 8.78. The number of rotatable bonds is 6. The third-order valence-electron chi connectivity index (χ3n) is 5.14. The van der Waals surface area contributed by atoms with Crippen molar-refractivity contribution in [2.24, 2.45) is 0 Å². The summed E-state index contributed by atoms with van der Waals surface area (Å²) in [4.78, 5) is 7.11. The number of halogens is 3. The molecule has 4 rings (SSSR count). The first kappa shape index (κ1) is 23.2. The summed E-state index contributed by atoms with van der Waals surface area (Å²) in [6, 6.07) is 7.70. The highest BCUT2D eigenvalue weighted by Crippen LogP contribution is 2.36. The van der Waals surface area contributed by atoms with Crippen molar-refractivity contribution >= 4 is 21.7 Å². The van der Waals surface area contributed by atoms with Crippen LogP contribution in [0, 0.1) is 17.5 Å².